The molecule has 0 saturated heterocycles. The van der Waals surface area contributed by atoms with E-state index in [0.29, 0.717) is 23.6 Å². The third-order valence-electron chi connectivity index (χ3n) is 3.59. The van der Waals surface area contributed by atoms with Crippen LogP contribution in [-0.4, -0.2) is 11.2 Å². The first-order chi connectivity index (χ1) is 11.2. The van der Waals surface area contributed by atoms with Crippen molar-refractivity contribution in [1.82, 2.24) is 4.57 Å². The number of nitrogens with zero attached hydrogens (tertiary/aromatic N) is 3. The lowest BCUT2D eigenvalue weighted by molar-refractivity contribution is 0.556. The van der Waals surface area contributed by atoms with E-state index >= 15 is 0 Å². The van der Waals surface area contributed by atoms with Crippen molar-refractivity contribution in [1.29, 1.82) is 0 Å². The highest BCUT2D eigenvalue weighted by molar-refractivity contribution is 9.10. The van der Waals surface area contributed by atoms with Gasteiger partial charge in [-0.25, -0.2) is 4.99 Å². The monoisotopic (exact) mass is 389 g/mol. The zero-order chi connectivity index (χ0) is 15.8. The maximum absolute atomic E-state index is 12.6. The van der Waals surface area contributed by atoms with Crippen molar-refractivity contribution in [2.45, 2.75) is 6.67 Å². The molecule has 0 aliphatic carbocycles. The summed E-state index contributed by atoms with van der Waals surface area (Å²) in [6, 6.07) is 11.6. The van der Waals surface area contributed by atoms with Crippen molar-refractivity contribution in [2.75, 3.05) is 11.6 Å². The molecule has 1 aromatic carbocycles. The Bertz CT molecular complexity index is 1000. The van der Waals surface area contributed by atoms with E-state index in [1.54, 1.807) is 23.0 Å². The smallest absolute Gasteiger partial charge is 0.271 e. The largest absolute Gasteiger partial charge is 0.465 e. The molecule has 7 heteroatoms. The van der Waals surface area contributed by atoms with Crippen molar-refractivity contribution in [3.8, 4) is 0 Å². The van der Waals surface area contributed by atoms with Gasteiger partial charge in [-0.1, -0.05) is 27.3 Å². The van der Waals surface area contributed by atoms with Crippen LogP contribution < -0.4 is 19.8 Å². The zero-order valence-corrected chi connectivity index (χ0v) is 14.4. The van der Waals surface area contributed by atoms with E-state index in [9.17, 15) is 4.79 Å². The Balaban J connectivity index is 1.72. The molecule has 0 spiro atoms. The first-order valence-corrected chi connectivity index (χ1v) is 8.61. The highest BCUT2D eigenvalue weighted by Gasteiger charge is 2.15. The van der Waals surface area contributed by atoms with Crippen molar-refractivity contribution in [2.24, 2.45) is 4.99 Å². The summed E-state index contributed by atoms with van der Waals surface area (Å²) in [7, 11) is 0. The highest BCUT2D eigenvalue weighted by Crippen LogP contribution is 2.19. The highest BCUT2D eigenvalue weighted by atomic mass is 79.9. The first-order valence-electron chi connectivity index (χ1n) is 7.00. The van der Waals surface area contributed by atoms with Crippen LogP contribution in [-0.2, 0) is 6.67 Å². The van der Waals surface area contributed by atoms with Crippen molar-refractivity contribution < 1.29 is 4.42 Å². The van der Waals surface area contributed by atoms with Crippen LogP contribution in [0.2, 0.25) is 0 Å². The number of thiazole rings is 1. The molecule has 1 aliphatic heterocycles. The van der Waals surface area contributed by atoms with Crippen LogP contribution in [0, 0.1) is 0 Å². The van der Waals surface area contributed by atoms with Gasteiger partial charge in [-0.2, -0.15) is 0 Å². The fourth-order valence-corrected chi connectivity index (χ4v) is 3.64. The number of aromatic nitrogens is 1. The van der Waals surface area contributed by atoms with Gasteiger partial charge in [0.25, 0.3) is 5.56 Å². The molecule has 4 rings (SSSR count). The summed E-state index contributed by atoms with van der Waals surface area (Å²) >= 11 is 4.82. The molecule has 2 aromatic heterocycles. The molecule has 23 heavy (non-hydrogen) atoms. The number of hydrogen-bond acceptors (Lipinski definition) is 5. The van der Waals surface area contributed by atoms with Gasteiger partial charge in [-0.15, -0.1) is 0 Å². The van der Waals surface area contributed by atoms with E-state index in [2.05, 4.69) is 25.8 Å². The van der Waals surface area contributed by atoms with Gasteiger partial charge in [0.15, 0.2) is 4.80 Å². The van der Waals surface area contributed by atoms with Gasteiger partial charge in [0.05, 0.1) is 10.8 Å². The van der Waals surface area contributed by atoms with Crippen molar-refractivity contribution >= 4 is 39.0 Å². The summed E-state index contributed by atoms with van der Waals surface area (Å²) in [6.45, 7) is 1.05. The molecule has 0 radical (unpaired) electrons. The molecule has 5 nitrogen and oxygen atoms in total. The Morgan fingerprint density at radius 1 is 1.26 bits per heavy atom. The minimum atomic E-state index is -0.0352. The summed E-state index contributed by atoms with van der Waals surface area (Å²) in [5.41, 5.74) is 1.00. The third kappa shape index (κ3) is 2.77. The molecule has 0 bridgehead atoms. The summed E-state index contributed by atoms with van der Waals surface area (Å²) in [5, 5.41) is 0. The maximum atomic E-state index is 12.6. The van der Waals surface area contributed by atoms with Crippen LogP contribution in [0.25, 0.3) is 6.08 Å². The Morgan fingerprint density at radius 3 is 2.83 bits per heavy atom. The molecular weight excluding hydrogens is 378 g/mol. The molecule has 0 amide bonds. The fraction of sp³-hybridized carbons (Fsp3) is 0.125. The molecular formula is C16H12BrN3O2S. The number of benzene rings is 1. The summed E-state index contributed by atoms with van der Waals surface area (Å²) in [6.07, 6.45) is 3.36. The van der Waals surface area contributed by atoms with Crippen molar-refractivity contribution in [3.63, 3.8) is 0 Å². The molecule has 1 aliphatic rings. The number of halogens is 1. The van der Waals surface area contributed by atoms with Gasteiger partial charge in [0.2, 0.25) is 0 Å². The Morgan fingerprint density at radius 2 is 2.09 bits per heavy atom. The zero-order valence-electron chi connectivity index (χ0n) is 12.0. The summed E-state index contributed by atoms with van der Waals surface area (Å²) in [5.74, 6) is 0.672. The van der Waals surface area contributed by atoms with Gasteiger partial charge in [-0.05, 0) is 36.4 Å². The second kappa shape index (κ2) is 5.82. The van der Waals surface area contributed by atoms with Gasteiger partial charge in [-0.3, -0.25) is 9.36 Å². The Labute approximate surface area is 143 Å². The van der Waals surface area contributed by atoms with E-state index in [1.807, 2.05) is 30.3 Å². The number of furan rings is 1. The van der Waals surface area contributed by atoms with Crippen LogP contribution in [0.1, 0.15) is 5.76 Å². The molecule has 116 valence electrons. The third-order valence-corrected chi connectivity index (χ3v) is 5.16. The van der Waals surface area contributed by atoms with E-state index in [0.717, 1.165) is 15.0 Å². The number of hydrogen-bond donors (Lipinski definition) is 0. The number of rotatable bonds is 2. The van der Waals surface area contributed by atoms with Gasteiger partial charge in [0, 0.05) is 16.2 Å². The van der Waals surface area contributed by atoms with Gasteiger partial charge in [0.1, 0.15) is 19.1 Å². The summed E-state index contributed by atoms with van der Waals surface area (Å²) in [4.78, 5) is 19.9. The number of fused-ring (bicyclic) bond motifs is 1. The molecule has 0 saturated carbocycles. The first kappa shape index (κ1) is 14.5. The molecule has 0 N–H and O–H groups in total. The van der Waals surface area contributed by atoms with Gasteiger partial charge >= 0.3 is 0 Å². The molecule has 3 aromatic rings. The van der Waals surface area contributed by atoms with Crippen LogP contribution in [0.4, 0.5) is 5.69 Å². The Kier molecular flexibility index (Phi) is 3.66. The molecule has 0 unspecified atom stereocenters. The predicted molar refractivity (Wildman–Crippen MR) is 93.1 cm³/mol. The second-order valence-electron chi connectivity index (χ2n) is 5.10. The van der Waals surface area contributed by atoms with E-state index in [1.165, 1.54) is 11.3 Å². The van der Waals surface area contributed by atoms with Crippen molar-refractivity contribution in [3.05, 3.63) is 72.6 Å². The maximum Gasteiger partial charge on any atom is 0.271 e. The van der Waals surface area contributed by atoms with Gasteiger partial charge < -0.3 is 9.32 Å². The van der Waals surface area contributed by atoms with Crippen LogP contribution in [0.3, 0.4) is 0 Å². The molecule has 0 atom stereocenters. The minimum absolute atomic E-state index is 0.0352. The topological polar surface area (TPSA) is 50.7 Å². The van der Waals surface area contributed by atoms with Crippen LogP contribution >= 0.6 is 27.3 Å². The molecule has 3 heterocycles. The minimum Gasteiger partial charge on any atom is -0.465 e. The molecule has 0 fully saturated rings. The second-order valence-corrected chi connectivity index (χ2v) is 7.02. The average Bonchev–Trinajstić information content (AvgIpc) is 3.17. The normalized spacial score (nSPS) is 14.7. The van der Waals surface area contributed by atoms with E-state index in [4.69, 9.17) is 4.42 Å². The lowest BCUT2D eigenvalue weighted by Gasteiger charge is -2.25. The fourth-order valence-electron chi connectivity index (χ4n) is 2.43. The lowest BCUT2D eigenvalue weighted by Crippen LogP contribution is -2.42. The van der Waals surface area contributed by atoms with E-state index < -0.39 is 0 Å². The van der Waals surface area contributed by atoms with E-state index in [-0.39, 0.29) is 5.56 Å². The quantitative estimate of drug-likeness (QED) is 0.674. The summed E-state index contributed by atoms with van der Waals surface area (Å²) < 4.78 is 8.65. The standard InChI is InChI=1S/C16H12BrN3O2S/c17-11-3-5-12(6-4-11)19-9-18-16-20(10-19)15(21)14(23-16)8-13-2-1-7-22-13/h1-8H,9-10H2/b14-8-. The lowest BCUT2D eigenvalue weighted by atomic mass is 10.3. The van der Waals surface area contributed by atoms with Crippen LogP contribution in [0.5, 0.6) is 0 Å². The number of anilines is 1. The Hall–Kier alpha value is -2.12. The SMILES string of the molecule is O=c1/c(=C/c2ccco2)sc2n1CN(c1ccc(Br)cc1)CN=2. The van der Waals surface area contributed by atoms with Crippen LogP contribution in [0.15, 0.2) is 61.3 Å². The average molecular weight is 390 g/mol. The predicted octanol–water partition coefficient (Wildman–Crippen LogP) is 2.15.